The Morgan fingerprint density at radius 1 is 1.33 bits per heavy atom. The van der Waals surface area contributed by atoms with E-state index in [4.69, 9.17) is 14.2 Å². The van der Waals surface area contributed by atoms with Gasteiger partial charge < -0.3 is 19.5 Å². The number of rotatable bonds is 4. The Kier molecular flexibility index (Phi) is 4.08. The molecule has 1 aliphatic heterocycles. The molecule has 1 heterocycles. The number of carbonyl (C=O) groups is 1. The van der Waals surface area contributed by atoms with Gasteiger partial charge in [-0.15, -0.1) is 0 Å². The molecule has 18 heavy (non-hydrogen) atoms. The maximum atomic E-state index is 12.0. The predicted molar refractivity (Wildman–Crippen MR) is 69.3 cm³/mol. The highest BCUT2D eigenvalue weighted by Gasteiger charge is 2.22. The normalized spacial score (nSPS) is 14.8. The molecule has 0 aliphatic carbocycles. The second-order valence-electron chi connectivity index (χ2n) is 3.90. The van der Waals surface area contributed by atoms with E-state index in [0.29, 0.717) is 34.7 Å². The highest BCUT2D eigenvalue weighted by atomic mass is 79.9. The van der Waals surface area contributed by atoms with E-state index in [0.717, 1.165) is 0 Å². The lowest BCUT2D eigenvalue weighted by Gasteiger charge is -2.26. The monoisotopic (exact) mass is 315 g/mol. The van der Waals surface area contributed by atoms with Crippen LogP contribution in [0.2, 0.25) is 0 Å². The molecular formula is C12H14BrNO4. The molecule has 98 valence electrons. The van der Waals surface area contributed by atoms with Crippen molar-refractivity contribution in [2.45, 2.75) is 6.04 Å². The second kappa shape index (κ2) is 5.58. The third kappa shape index (κ3) is 2.59. The summed E-state index contributed by atoms with van der Waals surface area (Å²) in [5.74, 6) is 0.959. The minimum absolute atomic E-state index is 0.0955. The fourth-order valence-electron chi connectivity index (χ4n) is 1.59. The summed E-state index contributed by atoms with van der Waals surface area (Å²) in [7, 11) is 3.09. The van der Waals surface area contributed by atoms with Crippen molar-refractivity contribution >= 4 is 21.8 Å². The highest BCUT2D eigenvalue weighted by Crippen LogP contribution is 2.35. The van der Waals surface area contributed by atoms with Crippen molar-refractivity contribution in [1.82, 2.24) is 5.32 Å². The van der Waals surface area contributed by atoms with Gasteiger partial charge in [0.1, 0.15) is 16.0 Å². The summed E-state index contributed by atoms with van der Waals surface area (Å²) < 4.78 is 16.1. The molecule has 6 heteroatoms. The van der Waals surface area contributed by atoms with Crippen LogP contribution in [0.1, 0.15) is 10.4 Å². The van der Waals surface area contributed by atoms with Gasteiger partial charge in [0.25, 0.3) is 5.91 Å². The SMILES string of the molecule is COc1cc(C(=O)NC2COC2)cc(OC)c1Br. The number of nitrogens with one attached hydrogen (secondary N) is 1. The Hall–Kier alpha value is -1.27. The molecule has 1 amide bonds. The van der Waals surface area contributed by atoms with Crippen LogP contribution in [0.3, 0.4) is 0 Å². The zero-order valence-corrected chi connectivity index (χ0v) is 11.7. The van der Waals surface area contributed by atoms with Crippen molar-refractivity contribution in [2.24, 2.45) is 0 Å². The molecule has 0 spiro atoms. The molecule has 0 bridgehead atoms. The molecule has 1 aliphatic rings. The minimum Gasteiger partial charge on any atom is -0.495 e. The first-order valence-electron chi connectivity index (χ1n) is 5.46. The van der Waals surface area contributed by atoms with Gasteiger partial charge in [-0.25, -0.2) is 0 Å². The molecule has 1 N–H and O–H groups in total. The maximum absolute atomic E-state index is 12.0. The van der Waals surface area contributed by atoms with Gasteiger partial charge in [-0.3, -0.25) is 4.79 Å². The fourth-order valence-corrected chi connectivity index (χ4v) is 2.14. The lowest BCUT2D eigenvalue weighted by Crippen LogP contribution is -2.48. The first kappa shape index (κ1) is 13.2. The van der Waals surface area contributed by atoms with Crippen molar-refractivity contribution in [1.29, 1.82) is 0 Å². The van der Waals surface area contributed by atoms with Crippen molar-refractivity contribution < 1.29 is 19.0 Å². The maximum Gasteiger partial charge on any atom is 0.251 e. The lowest BCUT2D eigenvalue weighted by molar-refractivity contribution is -0.00347. The van der Waals surface area contributed by atoms with Gasteiger partial charge in [0.15, 0.2) is 0 Å². The Labute approximate surface area is 114 Å². The first-order valence-corrected chi connectivity index (χ1v) is 6.25. The van der Waals surface area contributed by atoms with Crippen LogP contribution >= 0.6 is 15.9 Å². The van der Waals surface area contributed by atoms with Crippen LogP contribution in [0.15, 0.2) is 16.6 Å². The number of hydrogen-bond donors (Lipinski definition) is 1. The Morgan fingerprint density at radius 3 is 2.28 bits per heavy atom. The summed E-state index contributed by atoms with van der Waals surface area (Å²) >= 11 is 3.36. The van der Waals surface area contributed by atoms with Crippen LogP contribution in [0.4, 0.5) is 0 Å². The molecule has 0 radical (unpaired) electrons. The summed E-state index contributed by atoms with van der Waals surface area (Å²) in [6, 6.07) is 3.43. The van der Waals surface area contributed by atoms with E-state index in [9.17, 15) is 4.79 Å². The Bertz CT molecular complexity index is 434. The highest BCUT2D eigenvalue weighted by molar-refractivity contribution is 9.10. The van der Waals surface area contributed by atoms with Crippen molar-refractivity contribution in [3.8, 4) is 11.5 Å². The van der Waals surface area contributed by atoms with Gasteiger partial charge in [0.2, 0.25) is 0 Å². The standard InChI is InChI=1S/C12H14BrNO4/c1-16-9-3-7(4-10(17-2)11(9)13)12(15)14-8-5-18-6-8/h3-4,8H,5-6H2,1-2H3,(H,14,15). The van der Waals surface area contributed by atoms with Crippen LogP contribution in [-0.2, 0) is 4.74 Å². The third-order valence-corrected chi connectivity index (χ3v) is 3.46. The van der Waals surface area contributed by atoms with Crippen LogP contribution in [0, 0.1) is 0 Å². The van der Waals surface area contributed by atoms with E-state index in [1.54, 1.807) is 26.4 Å². The van der Waals surface area contributed by atoms with Gasteiger partial charge in [-0.2, -0.15) is 0 Å². The number of carbonyl (C=O) groups excluding carboxylic acids is 1. The average molecular weight is 316 g/mol. The zero-order chi connectivity index (χ0) is 13.1. The summed E-state index contributed by atoms with van der Waals surface area (Å²) in [6.45, 7) is 1.13. The summed E-state index contributed by atoms with van der Waals surface area (Å²) in [6.07, 6.45) is 0. The van der Waals surface area contributed by atoms with Gasteiger partial charge in [-0.05, 0) is 28.1 Å². The molecule has 5 nitrogen and oxygen atoms in total. The van der Waals surface area contributed by atoms with E-state index in [-0.39, 0.29) is 11.9 Å². The molecule has 1 aromatic rings. The van der Waals surface area contributed by atoms with Crippen LogP contribution in [-0.4, -0.2) is 39.4 Å². The van der Waals surface area contributed by atoms with E-state index in [1.165, 1.54) is 0 Å². The van der Waals surface area contributed by atoms with E-state index in [2.05, 4.69) is 21.2 Å². The molecule has 0 atom stereocenters. The topological polar surface area (TPSA) is 56.8 Å². The van der Waals surface area contributed by atoms with E-state index in [1.807, 2.05) is 0 Å². The van der Waals surface area contributed by atoms with Gasteiger partial charge in [-0.1, -0.05) is 0 Å². The van der Waals surface area contributed by atoms with Crippen molar-refractivity contribution in [3.63, 3.8) is 0 Å². The third-order valence-electron chi connectivity index (χ3n) is 2.68. The molecule has 0 aromatic heterocycles. The number of ether oxygens (including phenoxy) is 3. The molecular weight excluding hydrogens is 302 g/mol. The van der Waals surface area contributed by atoms with Crippen molar-refractivity contribution in [2.75, 3.05) is 27.4 Å². The summed E-state index contributed by atoms with van der Waals surface area (Å²) in [5.41, 5.74) is 0.499. The summed E-state index contributed by atoms with van der Waals surface area (Å²) in [5, 5.41) is 2.86. The number of halogens is 1. The van der Waals surface area contributed by atoms with Gasteiger partial charge >= 0.3 is 0 Å². The van der Waals surface area contributed by atoms with Crippen LogP contribution in [0.5, 0.6) is 11.5 Å². The second-order valence-corrected chi connectivity index (χ2v) is 4.70. The predicted octanol–water partition coefficient (Wildman–Crippen LogP) is 1.59. The summed E-state index contributed by atoms with van der Waals surface area (Å²) in [4.78, 5) is 12.0. The van der Waals surface area contributed by atoms with Crippen LogP contribution in [0.25, 0.3) is 0 Å². The van der Waals surface area contributed by atoms with Gasteiger partial charge in [0, 0.05) is 5.56 Å². The molecule has 0 unspecified atom stereocenters. The Balaban J connectivity index is 2.23. The van der Waals surface area contributed by atoms with Crippen LogP contribution < -0.4 is 14.8 Å². The lowest BCUT2D eigenvalue weighted by atomic mass is 10.1. The Morgan fingerprint density at radius 2 is 1.89 bits per heavy atom. The van der Waals surface area contributed by atoms with E-state index >= 15 is 0 Å². The number of benzene rings is 1. The molecule has 1 aromatic carbocycles. The fraction of sp³-hybridized carbons (Fsp3) is 0.417. The quantitative estimate of drug-likeness (QED) is 0.917. The molecule has 0 saturated carbocycles. The van der Waals surface area contributed by atoms with Gasteiger partial charge in [0.05, 0.1) is 33.5 Å². The minimum atomic E-state index is -0.160. The first-order chi connectivity index (χ1) is 8.65. The smallest absolute Gasteiger partial charge is 0.251 e. The average Bonchev–Trinajstić information content (AvgIpc) is 2.33. The molecule has 1 fully saturated rings. The number of methoxy groups -OCH3 is 2. The number of amides is 1. The molecule has 1 saturated heterocycles. The number of hydrogen-bond acceptors (Lipinski definition) is 4. The molecule has 2 rings (SSSR count). The largest absolute Gasteiger partial charge is 0.495 e. The zero-order valence-electron chi connectivity index (χ0n) is 10.2. The van der Waals surface area contributed by atoms with Crippen molar-refractivity contribution in [3.05, 3.63) is 22.2 Å². The van der Waals surface area contributed by atoms with E-state index < -0.39 is 0 Å².